The SMILES string of the molecule is CN(CCO)c1ccc(/C=C(\C#N)C(=O)O)cc1.CN(CCO)c1ccc(C=O)cc1.CN(CCOC(=O)NCCOCCOCCCCCCCl)c1ccc(/C=C(\C#N)C(=O)O)cc1.NCCOCCOCCCCCCCl. The van der Waals surface area contributed by atoms with Crippen LogP contribution in [0.4, 0.5) is 21.9 Å². The van der Waals surface area contributed by atoms with Gasteiger partial charge < -0.3 is 69.9 Å². The van der Waals surface area contributed by atoms with E-state index in [1.807, 2.05) is 48.0 Å². The maximum absolute atomic E-state index is 11.8. The number of hydrogen-bond donors (Lipinski definition) is 6. The molecule has 0 heterocycles. The Hall–Kier alpha value is -6.30. The summed E-state index contributed by atoms with van der Waals surface area (Å²) in [6, 6.07) is 24.6. The number of alkyl halides is 2. The quantitative estimate of drug-likeness (QED) is 0.0106. The molecule has 0 aliphatic heterocycles. The van der Waals surface area contributed by atoms with Crippen molar-refractivity contribution in [3.05, 3.63) is 101 Å². The van der Waals surface area contributed by atoms with Gasteiger partial charge in [-0.2, -0.15) is 10.5 Å². The van der Waals surface area contributed by atoms with E-state index in [1.165, 1.54) is 25.0 Å². The minimum atomic E-state index is -1.26. The lowest BCUT2D eigenvalue weighted by Crippen LogP contribution is -2.31. The number of aliphatic carboxylic acids is 2. The molecule has 0 spiro atoms. The fraction of sp³-hybridized carbons (Fsp3) is 0.509. The first-order chi connectivity index (χ1) is 38.2. The molecule has 0 bridgehead atoms. The van der Waals surface area contributed by atoms with Crippen molar-refractivity contribution in [2.45, 2.75) is 51.4 Å². The average Bonchev–Trinajstić information content (AvgIpc) is 3.45. The van der Waals surface area contributed by atoms with Crippen LogP contribution in [0.3, 0.4) is 0 Å². The molecule has 22 heteroatoms. The zero-order valence-electron chi connectivity index (χ0n) is 46.1. The van der Waals surface area contributed by atoms with Crippen molar-refractivity contribution < 1.29 is 63.3 Å². The summed E-state index contributed by atoms with van der Waals surface area (Å²) in [7, 11) is 5.59. The van der Waals surface area contributed by atoms with Gasteiger partial charge in [0, 0.05) is 94.9 Å². The molecule has 0 saturated carbocycles. The monoisotopic (exact) mass is 1140 g/mol. The van der Waals surface area contributed by atoms with Gasteiger partial charge in [0.25, 0.3) is 0 Å². The van der Waals surface area contributed by atoms with Crippen LogP contribution in [0.25, 0.3) is 12.2 Å². The normalized spacial score (nSPS) is 10.7. The second-order valence-electron chi connectivity index (χ2n) is 17.1. The number of hydrogen-bond acceptors (Lipinski definition) is 17. The molecule has 0 saturated heterocycles. The third-order valence-electron chi connectivity index (χ3n) is 10.9. The smallest absolute Gasteiger partial charge is 0.407 e. The summed E-state index contributed by atoms with van der Waals surface area (Å²) in [5.41, 5.74) is 9.33. The molecule has 0 radical (unpaired) electrons. The number of ether oxygens (including phenoxy) is 5. The first kappa shape index (κ1) is 72.7. The van der Waals surface area contributed by atoms with Gasteiger partial charge in [0.15, 0.2) is 0 Å². The van der Waals surface area contributed by atoms with Gasteiger partial charge in [-0.25, -0.2) is 14.4 Å². The summed E-state index contributed by atoms with van der Waals surface area (Å²) < 4.78 is 26.6. The van der Waals surface area contributed by atoms with Crippen LogP contribution in [-0.2, 0) is 33.3 Å². The highest BCUT2D eigenvalue weighted by Gasteiger charge is 2.09. The summed E-state index contributed by atoms with van der Waals surface area (Å²) >= 11 is 11.2. The van der Waals surface area contributed by atoms with Crippen LogP contribution in [0.15, 0.2) is 83.9 Å². The Morgan fingerprint density at radius 1 is 0.544 bits per heavy atom. The number of carbonyl (C=O) groups excluding carboxylic acids is 2. The molecule has 3 aromatic rings. The van der Waals surface area contributed by atoms with E-state index < -0.39 is 18.0 Å². The number of rotatable bonds is 38. The molecule has 7 N–H and O–H groups in total. The Balaban J connectivity index is 0.00000113. The number of nitrogens with one attached hydrogen (secondary N) is 1. The number of aldehydes is 1. The maximum Gasteiger partial charge on any atom is 0.407 e. The first-order valence-electron chi connectivity index (χ1n) is 26.1. The zero-order chi connectivity index (χ0) is 58.7. The molecular weight excluding hydrogens is 1060 g/mol. The summed E-state index contributed by atoms with van der Waals surface area (Å²) in [5.74, 6) is -1.02. The average molecular weight is 1150 g/mol. The Morgan fingerprint density at radius 3 is 1.27 bits per heavy atom. The third kappa shape index (κ3) is 38.8. The highest BCUT2D eigenvalue weighted by Crippen LogP contribution is 2.17. The zero-order valence-corrected chi connectivity index (χ0v) is 47.6. The molecule has 0 unspecified atom stereocenters. The standard InChI is InChI=1S/C24H34ClN3O6.C13H14N2O3.C10H22ClNO2.C10H13NO2/c1-28(22-8-6-20(7-9-22)18-21(19-26)23(29)30)12-15-34-24(31)27-11-14-33-17-16-32-13-5-3-2-4-10-25;1-15(6-7-16)12-4-2-10(3-5-12)8-11(9-14)13(17)18;11-5-3-1-2-4-7-13-9-10-14-8-6-12;1-11(6-7-12)10-4-2-9(8-13)3-5-10/h6-9,18H,2-5,10-17H2,1H3,(H,27,31)(H,29,30);2-5,8,16H,6-7H2,1H3,(H,17,18);1-10,12H2;2-5,8,12H,6-7H2,1H3/b21-18+;11-8+;;. The number of aliphatic hydroxyl groups is 2. The van der Waals surface area contributed by atoms with E-state index in [-0.39, 0.29) is 31.0 Å². The van der Waals surface area contributed by atoms with Gasteiger partial charge in [-0.1, -0.05) is 49.9 Å². The molecule has 438 valence electrons. The molecule has 1 amide bonds. The number of anilines is 3. The molecule has 79 heavy (non-hydrogen) atoms. The largest absolute Gasteiger partial charge is 0.477 e. The first-order valence-corrected chi connectivity index (χ1v) is 27.2. The fourth-order valence-corrected chi connectivity index (χ4v) is 6.72. The lowest BCUT2D eigenvalue weighted by molar-refractivity contribution is -0.133. The van der Waals surface area contributed by atoms with Gasteiger partial charge in [0.1, 0.15) is 36.2 Å². The van der Waals surface area contributed by atoms with E-state index in [9.17, 15) is 19.2 Å². The molecule has 3 rings (SSSR count). The number of likely N-dealkylation sites (N-methyl/N-ethyl adjacent to an activating group) is 3. The molecular formula is C57H83Cl2N7O13. The number of carbonyl (C=O) groups is 4. The molecule has 0 aliphatic carbocycles. The van der Waals surface area contributed by atoms with E-state index in [0.717, 1.165) is 81.0 Å². The van der Waals surface area contributed by atoms with Crippen molar-refractivity contribution in [3.8, 4) is 12.1 Å². The number of nitrogens with zero attached hydrogens (tertiary/aromatic N) is 5. The number of unbranched alkanes of at least 4 members (excludes halogenated alkanes) is 6. The number of halogens is 2. The van der Waals surface area contributed by atoms with E-state index >= 15 is 0 Å². The lowest BCUT2D eigenvalue weighted by Gasteiger charge is -2.19. The second kappa shape index (κ2) is 50.0. The van der Waals surface area contributed by atoms with Crippen molar-refractivity contribution in [2.24, 2.45) is 5.73 Å². The van der Waals surface area contributed by atoms with Gasteiger partial charge in [0.05, 0.1) is 59.4 Å². The van der Waals surface area contributed by atoms with E-state index in [4.69, 9.17) is 83.6 Å². The summed E-state index contributed by atoms with van der Waals surface area (Å²) in [6.07, 6.45) is 11.9. The number of nitriles is 2. The van der Waals surface area contributed by atoms with Crippen LogP contribution in [0.1, 0.15) is 72.9 Å². The Bertz CT molecular complexity index is 2200. The van der Waals surface area contributed by atoms with Gasteiger partial charge in [-0.15, -0.1) is 23.2 Å². The Morgan fingerprint density at radius 2 is 0.911 bits per heavy atom. The predicted octanol–water partition coefficient (Wildman–Crippen LogP) is 7.48. The van der Waals surface area contributed by atoms with Crippen LogP contribution >= 0.6 is 23.2 Å². The Labute approximate surface area is 476 Å². The van der Waals surface area contributed by atoms with Crippen molar-refractivity contribution in [1.82, 2.24) is 5.32 Å². The Kier molecular flexibility index (Phi) is 46.0. The number of carboxylic acids is 2. The second-order valence-corrected chi connectivity index (χ2v) is 17.8. The number of benzene rings is 3. The summed E-state index contributed by atoms with van der Waals surface area (Å²) in [4.78, 5) is 49.4. The number of nitrogens with two attached hydrogens (primary N) is 1. The number of amides is 1. The molecule has 20 nitrogen and oxygen atoms in total. The van der Waals surface area contributed by atoms with Gasteiger partial charge in [-0.3, -0.25) is 4.79 Å². The van der Waals surface area contributed by atoms with Crippen LogP contribution in [0.2, 0.25) is 0 Å². The predicted molar refractivity (Wildman–Crippen MR) is 311 cm³/mol. The fourth-order valence-electron chi connectivity index (χ4n) is 6.34. The van der Waals surface area contributed by atoms with Gasteiger partial charge >= 0.3 is 18.0 Å². The van der Waals surface area contributed by atoms with E-state index in [1.54, 1.807) is 72.8 Å². The van der Waals surface area contributed by atoms with Crippen molar-refractivity contribution in [1.29, 1.82) is 10.5 Å². The molecule has 3 aromatic carbocycles. The molecule has 0 fully saturated rings. The highest BCUT2D eigenvalue weighted by atomic mass is 35.5. The molecule has 0 atom stereocenters. The topological polar surface area (TPSA) is 291 Å². The third-order valence-corrected chi connectivity index (χ3v) is 11.4. The number of aliphatic hydroxyl groups excluding tert-OH is 2. The van der Waals surface area contributed by atoms with Crippen molar-refractivity contribution >= 4 is 76.7 Å². The number of carboxylic acid groups (broad SMARTS) is 2. The molecule has 0 aromatic heterocycles. The van der Waals surface area contributed by atoms with E-state index in [2.05, 4.69) is 5.32 Å². The number of alkyl carbamates (subject to hydrolysis) is 1. The van der Waals surface area contributed by atoms with Crippen LogP contribution < -0.4 is 25.8 Å². The summed E-state index contributed by atoms with van der Waals surface area (Å²) in [5, 5.41) is 55.2. The van der Waals surface area contributed by atoms with Gasteiger partial charge in [0.2, 0.25) is 0 Å². The van der Waals surface area contributed by atoms with E-state index in [0.29, 0.717) is 94.9 Å². The summed E-state index contributed by atoms with van der Waals surface area (Å²) in [6.45, 7) is 7.80. The van der Waals surface area contributed by atoms with Crippen molar-refractivity contribution in [3.63, 3.8) is 0 Å². The highest BCUT2D eigenvalue weighted by molar-refractivity contribution is 6.18. The lowest BCUT2D eigenvalue weighted by atomic mass is 10.1. The van der Waals surface area contributed by atoms with Gasteiger partial charge in [-0.05, 0) is 97.5 Å². The molecule has 0 aliphatic rings. The van der Waals surface area contributed by atoms with Crippen LogP contribution in [0.5, 0.6) is 0 Å². The maximum atomic E-state index is 11.8. The van der Waals surface area contributed by atoms with Crippen molar-refractivity contribution in [2.75, 3.05) is 153 Å². The minimum Gasteiger partial charge on any atom is -0.477 e. The minimum absolute atomic E-state index is 0.0652. The van der Waals surface area contributed by atoms with Crippen LogP contribution in [-0.4, -0.2) is 183 Å². The van der Waals surface area contributed by atoms with Crippen LogP contribution in [0, 0.1) is 22.7 Å².